The molecule has 1 fully saturated rings. The van der Waals surface area contributed by atoms with Crippen molar-refractivity contribution in [3.63, 3.8) is 0 Å². The van der Waals surface area contributed by atoms with Crippen molar-refractivity contribution < 1.29 is 28.3 Å². The van der Waals surface area contributed by atoms with Gasteiger partial charge in [0.05, 0.1) is 4.90 Å². The summed E-state index contributed by atoms with van der Waals surface area (Å²) in [6.07, 6.45) is -1.07. The van der Waals surface area contributed by atoms with E-state index in [1.165, 1.54) is 21.9 Å². The average molecular weight is 490 g/mol. The van der Waals surface area contributed by atoms with Gasteiger partial charge in [-0.05, 0) is 37.1 Å². The molecule has 0 radical (unpaired) electrons. The van der Waals surface area contributed by atoms with E-state index in [0.717, 1.165) is 5.56 Å². The fourth-order valence-electron chi connectivity index (χ4n) is 3.64. The van der Waals surface area contributed by atoms with Crippen LogP contribution < -0.4 is 10.2 Å². The maximum absolute atomic E-state index is 13.4. The molecule has 12 heteroatoms. The maximum atomic E-state index is 13.4. The summed E-state index contributed by atoms with van der Waals surface area (Å²) in [6, 6.07) is 11.6. The Bertz CT molecular complexity index is 1160. The third kappa shape index (κ3) is 6.10. The molecule has 1 atom stereocenters. The Balaban J connectivity index is 1.87. The van der Waals surface area contributed by atoms with Gasteiger partial charge in [-0.25, -0.2) is 13.2 Å². The fourth-order valence-corrected chi connectivity index (χ4v) is 4.83. The van der Waals surface area contributed by atoms with E-state index in [9.17, 15) is 18.0 Å². The van der Waals surface area contributed by atoms with Crippen LogP contribution in [0.4, 0.5) is 4.79 Å². The second kappa shape index (κ2) is 10.6. The van der Waals surface area contributed by atoms with Gasteiger partial charge in [0.1, 0.15) is 11.9 Å². The molecule has 2 aromatic rings. The summed E-state index contributed by atoms with van der Waals surface area (Å²) < 4.78 is 28.6. The molecule has 5 N–H and O–H groups in total. The molecule has 1 aliphatic heterocycles. The van der Waals surface area contributed by atoms with Crippen molar-refractivity contribution in [1.82, 2.24) is 20.0 Å². The van der Waals surface area contributed by atoms with Crippen LogP contribution in [0.1, 0.15) is 16.7 Å². The number of amidine groups is 1. The second-order valence-corrected chi connectivity index (χ2v) is 9.69. The molecule has 34 heavy (non-hydrogen) atoms. The number of hydrogen-bond donors (Lipinski definition) is 5. The first-order chi connectivity index (χ1) is 16.1. The van der Waals surface area contributed by atoms with Gasteiger partial charge < -0.3 is 14.9 Å². The summed E-state index contributed by atoms with van der Waals surface area (Å²) in [5.74, 6) is -0.712. The van der Waals surface area contributed by atoms with Gasteiger partial charge in [0.15, 0.2) is 0 Å². The Morgan fingerprint density at radius 3 is 2.26 bits per heavy atom. The van der Waals surface area contributed by atoms with Crippen LogP contribution in [0.15, 0.2) is 53.4 Å². The van der Waals surface area contributed by atoms with Crippen molar-refractivity contribution in [2.75, 3.05) is 26.2 Å². The molecule has 0 spiro atoms. The zero-order valence-corrected chi connectivity index (χ0v) is 19.4. The van der Waals surface area contributed by atoms with Crippen molar-refractivity contribution in [1.29, 1.82) is 5.41 Å². The van der Waals surface area contributed by atoms with Crippen LogP contribution in [0, 0.1) is 12.3 Å². The summed E-state index contributed by atoms with van der Waals surface area (Å²) >= 11 is 0. The molecule has 1 heterocycles. The Morgan fingerprint density at radius 1 is 1.06 bits per heavy atom. The van der Waals surface area contributed by atoms with Crippen molar-refractivity contribution in [2.24, 2.45) is 0 Å². The van der Waals surface area contributed by atoms with Gasteiger partial charge in [-0.3, -0.25) is 20.9 Å². The average Bonchev–Trinajstić information content (AvgIpc) is 2.83. The third-order valence-corrected chi connectivity index (χ3v) is 7.04. The first-order valence-corrected chi connectivity index (χ1v) is 12.0. The number of nitrogens with zero attached hydrogens (tertiary/aromatic N) is 2. The van der Waals surface area contributed by atoms with Gasteiger partial charge >= 0.3 is 6.09 Å². The van der Waals surface area contributed by atoms with Crippen molar-refractivity contribution in [3.05, 3.63) is 65.2 Å². The number of carbonyl (C=O) groups excluding carboxylic acids is 1. The number of nitrogens with one attached hydrogen (secondary N) is 3. The van der Waals surface area contributed by atoms with Crippen LogP contribution in [0.2, 0.25) is 0 Å². The smallest absolute Gasteiger partial charge is 0.407 e. The van der Waals surface area contributed by atoms with Crippen LogP contribution in [0.3, 0.4) is 0 Å². The minimum Gasteiger partial charge on any atom is -0.465 e. The molecule has 2 amide bonds. The largest absolute Gasteiger partial charge is 0.465 e. The van der Waals surface area contributed by atoms with Crippen LogP contribution in [0.5, 0.6) is 0 Å². The summed E-state index contributed by atoms with van der Waals surface area (Å²) in [7, 11) is -4.03. The Labute approximate surface area is 197 Å². The Kier molecular flexibility index (Phi) is 7.87. The molecular weight excluding hydrogens is 462 g/mol. The highest BCUT2D eigenvalue weighted by molar-refractivity contribution is 7.89. The van der Waals surface area contributed by atoms with Gasteiger partial charge in [-0.2, -0.15) is 4.72 Å². The number of amides is 2. The summed E-state index contributed by atoms with van der Waals surface area (Å²) in [5.41, 5.74) is 3.59. The molecule has 0 aromatic heterocycles. The molecule has 2 aromatic carbocycles. The molecular formula is C22H27N5O6S. The number of hydroxylamine groups is 1. The van der Waals surface area contributed by atoms with Crippen LogP contribution in [0.25, 0.3) is 0 Å². The van der Waals surface area contributed by atoms with Gasteiger partial charge in [0.25, 0.3) is 0 Å². The van der Waals surface area contributed by atoms with E-state index in [2.05, 4.69) is 4.72 Å². The number of aryl methyl sites for hydroxylation is 1. The second-order valence-electron chi connectivity index (χ2n) is 7.97. The number of carbonyl (C=O) groups is 2. The predicted molar refractivity (Wildman–Crippen MR) is 123 cm³/mol. The fraction of sp³-hybridized carbons (Fsp3) is 0.318. The molecule has 1 aliphatic rings. The number of rotatable bonds is 7. The lowest BCUT2D eigenvalue weighted by molar-refractivity contribution is -0.134. The first kappa shape index (κ1) is 25.1. The summed E-state index contributed by atoms with van der Waals surface area (Å²) in [5, 5.41) is 25.9. The highest BCUT2D eigenvalue weighted by atomic mass is 32.2. The highest BCUT2D eigenvalue weighted by Gasteiger charge is 2.32. The van der Waals surface area contributed by atoms with E-state index < -0.39 is 28.1 Å². The van der Waals surface area contributed by atoms with E-state index in [-0.39, 0.29) is 43.3 Å². The molecule has 0 unspecified atom stereocenters. The van der Waals surface area contributed by atoms with Crippen molar-refractivity contribution >= 4 is 27.9 Å². The summed E-state index contributed by atoms with van der Waals surface area (Å²) in [6.45, 7) is 2.39. The van der Waals surface area contributed by atoms with Crippen molar-refractivity contribution in [2.45, 2.75) is 24.3 Å². The van der Waals surface area contributed by atoms with Gasteiger partial charge in [-0.15, -0.1) is 0 Å². The third-order valence-electron chi connectivity index (χ3n) is 5.56. The van der Waals surface area contributed by atoms with E-state index >= 15 is 0 Å². The molecule has 1 saturated heterocycles. The Hall–Kier alpha value is -3.48. The predicted octanol–water partition coefficient (Wildman–Crippen LogP) is 1.01. The van der Waals surface area contributed by atoms with Crippen molar-refractivity contribution in [3.8, 4) is 0 Å². The standard InChI is InChI=1S/C22H27N5O6S/c1-15-5-7-18(8-6-15)34(32,33)25-19(14-16-3-2-4-17(13-16)20(23)24-31)21(28)26-9-11-27(12-10-26)22(29)30/h2-8,13,19,25,31H,9-12,14H2,1H3,(H2,23,24)(H,29,30)/t19-/m0/s1. The monoisotopic (exact) mass is 489 g/mol. The molecule has 3 rings (SSSR count). The highest BCUT2D eigenvalue weighted by Crippen LogP contribution is 2.16. The summed E-state index contributed by atoms with van der Waals surface area (Å²) in [4.78, 5) is 27.2. The lowest BCUT2D eigenvalue weighted by Crippen LogP contribution is -2.56. The van der Waals surface area contributed by atoms with Crippen LogP contribution in [-0.4, -0.2) is 78.6 Å². The SMILES string of the molecule is Cc1ccc(S(=O)(=O)N[C@@H](Cc2cccc(C(=N)NO)c2)C(=O)N2CCN(C(=O)O)CC2)cc1. The molecule has 0 aliphatic carbocycles. The van der Waals surface area contributed by atoms with Gasteiger partial charge in [0.2, 0.25) is 15.9 Å². The quantitative estimate of drug-likeness (QED) is 0.220. The number of hydrogen-bond acceptors (Lipinski definition) is 6. The molecule has 0 saturated carbocycles. The van der Waals surface area contributed by atoms with Crippen LogP contribution >= 0.6 is 0 Å². The minimum absolute atomic E-state index is 0.00435. The normalized spacial score (nSPS) is 15.0. The first-order valence-electron chi connectivity index (χ1n) is 10.5. The van der Waals surface area contributed by atoms with Gasteiger partial charge in [-0.1, -0.05) is 35.9 Å². The van der Waals surface area contributed by atoms with Gasteiger partial charge in [0, 0.05) is 31.7 Å². The molecule has 11 nitrogen and oxygen atoms in total. The number of sulfonamides is 1. The number of piperazine rings is 1. The van der Waals surface area contributed by atoms with E-state index in [1.54, 1.807) is 41.9 Å². The maximum Gasteiger partial charge on any atom is 0.407 e. The number of carboxylic acid groups (broad SMARTS) is 1. The number of benzene rings is 2. The minimum atomic E-state index is -4.03. The topological polar surface area (TPSA) is 163 Å². The molecule has 182 valence electrons. The lowest BCUT2D eigenvalue weighted by Gasteiger charge is -2.35. The zero-order chi connectivity index (χ0) is 24.9. The zero-order valence-electron chi connectivity index (χ0n) is 18.6. The van der Waals surface area contributed by atoms with E-state index in [0.29, 0.717) is 11.1 Å². The molecule has 0 bridgehead atoms. The van der Waals surface area contributed by atoms with E-state index in [1.807, 2.05) is 6.92 Å². The van der Waals surface area contributed by atoms with Crippen LogP contribution in [-0.2, 0) is 21.2 Å². The Morgan fingerprint density at radius 2 is 1.68 bits per heavy atom. The van der Waals surface area contributed by atoms with E-state index in [4.69, 9.17) is 15.7 Å². The lowest BCUT2D eigenvalue weighted by atomic mass is 10.0.